The van der Waals surface area contributed by atoms with Crippen LogP contribution in [0.1, 0.15) is 42.6 Å². The maximum Gasteiger partial charge on any atom is 0.275 e. The zero-order valence-electron chi connectivity index (χ0n) is 11.7. The van der Waals surface area contributed by atoms with Gasteiger partial charge in [0.05, 0.1) is 0 Å². The summed E-state index contributed by atoms with van der Waals surface area (Å²) in [4.78, 5) is 26.3. The Labute approximate surface area is 127 Å². The van der Waals surface area contributed by atoms with E-state index >= 15 is 0 Å². The van der Waals surface area contributed by atoms with Crippen LogP contribution in [0.4, 0.5) is 0 Å². The predicted octanol–water partition coefficient (Wildman–Crippen LogP) is 1.06. The highest BCUT2D eigenvalue weighted by atomic mass is 32.1. The van der Waals surface area contributed by atoms with Crippen molar-refractivity contribution in [2.75, 3.05) is 13.1 Å². The molecule has 2 atom stereocenters. The summed E-state index contributed by atoms with van der Waals surface area (Å²) in [5.74, 6) is 0.249. The number of hydrogen-bond acceptors (Lipinski definition) is 5. The molecule has 2 unspecified atom stereocenters. The molecule has 1 spiro atoms. The lowest BCUT2D eigenvalue weighted by molar-refractivity contribution is -0.124. The van der Waals surface area contributed by atoms with Gasteiger partial charge >= 0.3 is 0 Å². The molecule has 0 bridgehead atoms. The first-order valence-electron chi connectivity index (χ1n) is 7.55. The molecule has 0 radical (unpaired) electrons. The Morgan fingerprint density at radius 1 is 1.43 bits per heavy atom. The molecule has 1 aliphatic heterocycles. The summed E-state index contributed by atoms with van der Waals surface area (Å²) in [6, 6.07) is 0.398. The van der Waals surface area contributed by atoms with Crippen molar-refractivity contribution in [1.82, 2.24) is 19.8 Å². The normalized spacial score (nSPS) is 31.2. The first kappa shape index (κ1) is 13.2. The second-order valence-electron chi connectivity index (χ2n) is 6.52. The van der Waals surface area contributed by atoms with Gasteiger partial charge in [0.1, 0.15) is 0 Å². The van der Waals surface area contributed by atoms with E-state index in [9.17, 15) is 9.59 Å². The molecule has 7 heteroatoms. The van der Waals surface area contributed by atoms with Gasteiger partial charge in [-0.05, 0) is 43.6 Å². The number of aromatic nitrogens is 2. The summed E-state index contributed by atoms with van der Waals surface area (Å²) < 4.78 is 3.74. The molecule has 2 aliphatic carbocycles. The number of nitrogens with one attached hydrogen (secondary N) is 1. The standard InChI is InChI=1S/C14H18N4O2S/c19-12(15-9-2-1-3-9)10-6-14(10)4-5-18(8-14)13(20)11-7-21-17-16-11/h7,9-10H,1-6,8H2,(H,15,19). The van der Waals surface area contributed by atoms with Gasteiger partial charge in [0.25, 0.3) is 5.91 Å². The third kappa shape index (κ3) is 2.23. The number of carbonyl (C=O) groups is 2. The number of carbonyl (C=O) groups excluding carboxylic acids is 2. The quantitative estimate of drug-likeness (QED) is 0.906. The van der Waals surface area contributed by atoms with E-state index in [-0.39, 0.29) is 23.1 Å². The molecule has 2 heterocycles. The Balaban J connectivity index is 1.36. The van der Waals surface area contributed by atoms with Crippen molar-refractivity contribution >= 4 is 23.3 Å². The molecule has 2 amide bonds. The van der Waals surface area contributed by atoms with Crippen LogP contribution in [-0.2, 0) is 4.79 Å². The molecular formula is C14H18N4O2S. The van der Waals surface area contributed by atoms with Gasteiger partial charge in [-0.1, -0.05) is 4.49 Å². The van der Waals surface area contributed by atoms with Crippen molar-refractivity contribution in [3.63, 3.8) is 0 Å². The third-order valence-electron chi connectivity index (χ3n) is 5.21. The summed E-state index contributed by atoms with van der Waals surface area (Å²) in [6.45, 7) is 1.41. The summed E-state index contributed by atoms with van der Waals surface area (Å²) in [6.07, 6.45) is 5.31. The zero-order chi connectivity index (χ0) is 14.4. The van der Waals surface area contributed by atoms with E-state index in [2.05, 4.69) is 14.9 Å². The maximum absolute atomic E-state index is 12.3. The molecule has 21 heavy (non-hydrogen) atoms. The summed E-state index contributed by atoms with van der Waals surface area (Å²) >= 11 is 1.19. The van der Waals surface area contributed by atoms with Crippen molar-refractivity contribution in [2.24, 2.45) is 11.3 Å². The Hall–Kier alpha value is -1.50. The average Bonchev–Trinajstić information content (AvgIpc) is 2.84. The number of nitrogens with zero attached hydrogens (tertiary/aromatic N) is 3. The van der Waals surface area contributed by atoms with E-state index in [0.717, 1.165) is 32.2 Å². The minimum atomic E-state index is -0.0503. The molecule has 1 N–H and O–H groups in total. The van der Waals surface area contributed by atoms with Gasteiger partial charge in [0.15, 0.2) is 5.69 Å². The summed E-state index contributed by atoms with van der Waals surface area (Å²) in [5, 5.41) is 8.66. The smallest absolute Gasteiger partial charge is 0.275 e. The Morgan fingerprint density at radius 3 is 2.95 bits per heavy atom. The lowest BCUT2D eigenvalue weighted by atomic mass is 9.92. The van der Waals surface area contributed by atoms with Crippen molar-refractivity contribution in [1.29, 1.82) is 0 Å². The second-order valence-corrected chi connectivity index (χ2v) is 7.13. The van der Waals surface area contributed by atoms with Crippen LogP contribution >= 0.6 is 11.5 Å². The summed E-state index contributed by atoms with van der Waals surface area (Å²) in [5.41, 5.74) is 0.459. The SMILES string of the molecule is O=C(NC1CCC1)C1CC12CCN(C(=O)c1csnn1)C2. The van der Waals surface area contributed by atoms with Crippen LogP contribution in [0.15, 0.2) is 5.38 Å². The van der Waals surface area contributed by atoms with Crippen LogP contribution < -0.4 is 5.32 Å². The highest BCUT2D eigenvalue weighted by molar-refractivity contribution is 7.03. The predicted molar refractivity (Wildman–Crippen MR) is 76.8 cm³/mol. The fourth-order valence-corrected chi connectivity index (χ4v) is 3.94. The number of amides is 2. The van der Waals surface area contributed by atoms with Crippen molar-refractivity contribution in [2.45, 2.75) is 38.1 Å². The topological polar surface area (TPSA) is 75.2 Å². The average molecular weight is 306 g/mol. The van der Waals surface area contributed by atoms with Crippen LogP contribution in [0.2, 0.25) is 0 Å². The van der Waals surface area contributed by atoms with E-state index < -0.39 is 0 Å². The van der Waals surface area contributed by atoms with E-state index in [4.69, 9.17) is 0 Å². The molecule has 2 saturated carbocycles. The molecule has 1 saturated heterocycles. The summed E-state index contributed by atoms with van der Waals surface area (Å²) in [7, 11) is 0. The largest absolute Gasteiger partial charge is 0.353 e. The number of rotatable bonds is 3. The fourth-order valence-electron chi connectivity index (χ4n) is 3.51. The van der Waals surface area contributed by atoms with Crippen molar-refractivity contribution < 1.29 is 9.59 Å². The maximum atomic E-state index is 12.3. The van der Waals surface area contributed by atoms with Gasteiger partial charge in [-0.2, -0.15) is 0 Å². The number of hydrogen-bond donors (Lipinski definition) is 1. The fraction of sp³-hybridized carbons (Fsp3) is 0.714. The van der Waals surface area contributed by atoms with Crippen LogP contribution in [0.25, 0.3) is 0 Å². The van der Waals surface area contributed by atoms with E-state index in [1.54, 1.807) is 5.38 Å². The molecule has 3 fully saturated rings. The third-order valence-corrected chi connectivity index (χ3v) is 5.71. The Bertz CT molecular complexity index is 572. The van der Waals surface area contributed by atoms with Crippen LogP contribution in [0.5, 0.6) is 0 Å². The van der Waals surface area contributed by atoms with E-state index in [1.807, 2.05) is 4.90 Å². The lowest BCUT2D eigenvalue weighted by Gasteiger charge is -2.26. The minimum Gasteiger partial charge on any atom is -0.353 e. The highest BCUT2D eigenvalue weighted by Crippen LogP contribution is 2.58. The Morgan fingerprint density at radius 2 is 2.29 bits per heavy atom. The molecule has 1 aromatic heterocycles. The first-order chi connectivity index (χ1) is 10.2. The van der Waals surface area contributed by atoms with Gasteiger partial charge in [-0.15, -0.1) is 5.10 Å². The van der Waals surface area contributed by atoms with Crippen LogP contribution in [-0.4, -0.2) is 45.4 Å². The monoisotopic (exact) mass is 306 g/mol. The van der Waals surface area contributed by atoms with Gasteiger partial charge in [0.2, 0.25) is 5.91 Å². The van der Waals surface area contributed by atoms with Crippen molar-refractivity contribution in [3.05, 3.63) is 11.1 Å². The number of likely N-dealkylation sites (tertiary alicyclic amines) is 1. The van der Waals surface area contributed by atoms with Gasteiger partial charge in [-0.25, -0.2) is 0 Å². The van der Waals surface area contributed by atoms with E-state index in [0.29, 0.717) is 18.3 Å². The molecule has 4 rings (SSSR count). The molecular weight excluding hydrogens is 288 g/mol. The van der Waals surface area contributed by atoms with Gasteiger partial charge in [0, 0.05) is 35.8 Å². The Kier molecular flexibility index (Phi) is 2.99. The molecule has 6 nitrogen and oxygen atoms in total. The van der Waals surface area contributed by atoms with E-state index in [1.165, 1.54) is 18.0 Å². The van der Waals surface area contributed by atoms with Crippen LogP contribution in [0, 0.1) is 11.3 Å². The van der Waals surface area contributed by atoms with Gasteiger partial charge < -0.3 is 10.2 Å². The zero-order valence-corrected chi connectivity index (χ0v) is 12.6. The second kappa shape index (κ2) is 4.76. The first-order valence-corrected chi connectivity index (χ1v) is 8.38. The molecule has 1 aromatic rings. The molecule has 3 aliphatic rings. The lowest BCUT2D eigenvalue weighted by Crippen LogP contribution is -2.41. The van der Waals surface area contributed by atoms with Crippen molar-refractivity contribution in [3.8, 4) is 0 Å². The highest BCUT2D eigenvalue weighted by Gasteiger charge is 2.61. The van der Waals surface area contributed by atoms with Crippen LogP contribution in [0.3, 0.4) is 0 Å². The molecule has 112 valence electrons. The van der Waals surface area contributed by atoms with Gasteiger partial charge in [-0.3, -0.25) is 9.59 Å². The molecule has 0 aromatic carbocycles. The minimum absolute atomic E-state index is 0.0347.